The Morgan fingerprint density at radius 3 is 2.27 bits per heavy atom. The monoisotopic (exact) mass is 679 g/mol. The Morgan fingerprint density at radius 2 is 1.57 bits per heavy atom. The topological polar surface area (TPSA) is 241 Å². The number of rotatable bonds is 19. The first-order valence-corrected chi connectivity index (χ1v) is 17.2. The zero-order valence-electron chi connectivity index (χ0n) is 28.7. The summed E-state index contributed by atoms with van der Waals surface area (Å²) in [4.78, 5) is 72.1. The van der Waals surface area contributed by atoms with E-state index in [-0.39, 0.29) is 43.6 Å². The molecule has 49 heavy (non-hydrogen) atoms. The molecule has 1 fully saturated rings. The predicted octanol–water partition coefficient (Wildman–Crippen LogP) is 0.542. The van der Waals surface area contributed by atoms with Gasteiger partial charge in [-0.05, 0) is 73.7 Å². The zero-order valence-corrected chi connectivity index (χ0v) is 28.7. The van der Waals surface area contributed by atoms with E-state index >= 15 is 0 Å². The summed E-state index contributed by atoms with van der Waals surface area (Å²) < 4.78 is 0. The number of benzene rings is 2. The standard InChI is InChI=1S/C35H53N9O5/c1-3-22(2)30(31(37)46)43-33(48)27(16-9-19-40-35(38)39)41-32(47)26(15-6-7-18-36)42-34(49)28-17-10-20-44(28)29(45)21-24-13-8-12-23-11-4-5-14-25(23)24/h4-5,8,11-14,22,26-28,30H,3,6-7,9-10,15-21,36H2,1-2H3,(H2,37,46)(H,41,47)(H,42,49)(H,43,48)(H4,38,39,40)/t22-,26?,27?,28?,30-/m0/s1. The summed E-state index contributed by atoms with van der Waals surface area (Å²) >= 11 is 0. The molecule has 14 nitrogen and oxygen atoms in total. The van der Waals surface area contributed by atoms with Crippen LogP contribution in [0.2, 0.25) is 0 Å². The van der Waals surface area contributed by atoms with Crippen molar-refractivity contribution in [3.05, 3.63) is 48.0 Å². The van der Waals surface area contributed by atoms with Crippen LogP contribution in [0, 0.1) is 5.92 Å². The van der Waals surface area contributed by atoms with Gasteiger partial charge in [0, 0.05) is 13.1 Å². The second kappa shape index (κ2) is 19.3. The lowest BCUT2D eigenvalue weighted by molar-refractivity contribution is -0.139. The molecule has 5 amide bonds. The van der Waals surface area contributed by atoms with Crippen molar-refractivity contribution < 1.29 is 24.0 Å². The highest BCUT2D eigenvalue weighted by Crippen LogP contribution is 2.23. The molecule has 0 saturated carbocycles. The smallest absolute Gasteiger partial charge is 0.243 e. The summed E-state index contributed by atoms with van der Waals surface area (Å²) in [7, 11) is 0. The maximum atomic E-state index is 13.8. The van der Waals surface area contributed by atoms with Gasteiger partial charge in [0.2, 0.25) is 29.5 Å². The van der Waals surface area contributed by atoms with E-state index in [2.05, 4.69) is 20.9 Å². The lowest BCUT2D eigenvalue weighted by atomic mass is 9.97. The summed E-state index contributed by atoms with van der Waals surface area (Å²) in [5.74, 6) is -2.78. The first-order chi connectivity index (χ1) is 23.5. The van der Waals surface area contributed by atoms with E-state index in [1.165, 1.54) is 0 Å². The molecule has 3 rings (SSSR count). The van der Waals surface area contributed by atoms with E-state index < -0.39 is 47.8 Å². The molecule has 3 unspecified atom stereocenters. The molecular weight excluding hydrogens is 626 g/mol. The SMILES string of the molecule is CC[C@H](C)[C@H](NC(=O)C(CCCN=C(N)N)NC(=O)C(CCCCN)NC(=O)C1CCCN1C(=O)Cc1cccc2ccccc12)C(N)=O. The third-order valence-corrected chi connectivity index (χ3v) is 9.07. The number of unbranched alkanes of at least 4 members (excludes halogenated alkanes) is 1. The Kier molecular flexibility index (Phi) is 15.3. The number of guanidine groups is 1. The molecule has 0 bridgehead atoms. The Morgan fingerprint density at radius 1 is 0.898 bits per heavy atom. The van der Waals surface area contributed by atoms with E-state index in [0.29, 0.717) is 51.6 Å². The van der Waals surface area contributed by atoms with Gasteiger partial charge in [0.15, 0.2) is 5.96 Å². The van der Waals surface area contributed by atoms with Gasteiger partial charge in [0.05, 0.1) is 6.42 Å². The molecular formula is C35H53N9O5. The molecule has 268 valence electrons. The Hall–Kier alpha value is -4.72. The lowest BCUT2D eigenvalue weighted by Crippen LogP contribution is -2.58. The normalized spacial score (nSPS) is 16.6. The average molecular weight is 680 g/mol. The number of carbonyl (C=O) groups is 5. The summed E-state index contributed by atoms with van der Waals surface area (Å²) in [5, 5.41) is 10.3. The molecule has 0 aliphatic carbocycles. The van der Waals surface area contributed by atoms with E-state index in [1.54, 1.807) is 11.8 Å². The molecule has 11 N–H and O–H groups in total. The first kappa shape index (κ1) is 38.7. The second-order valence-corrected chi connectivity index (χ2v) is 12.7. The van der Waals surface area contributed by atoms with Crippen LogP contribution in [-0.4, -0.2) is 84.2 Å². The van der Waals surface area contributed by atoms with Gasteiger partial charge in [-0.25, -0.2) is 0 Å². The van der Waals surface area contributed by atoms with Crippen LogP contribution in [0.4, 0.5) is 0 Å². The van der Waals surface area contributed by atoms with Crippen molar-refractivity contribution in [2.45, 2.75) is 95.8 Å². The number of hydrogen-bond acceptors (Lipinski definition) is 7. The highest BCUT2D eigenvalue weighted by molar-refractivity contribution is 5.96. The van der Waals surface area contributed by atoms with Crippen molar-refractivity contribution in [2.24, 2.45) is 33.8 Å². The third kappa shape index (κ3) is 11.4. The molecule has 1 aliphatic heterocycles. The first-order valence-electron chi connectivity index (χ1n) is 17.2. The van der Waals surface area contributed by atoms with Crippen molar-refractivity contribution in [1.82, 2.24) is 20.9 Å². The molecule has 14 heteroatoms. The highest BCUT2D eigenvalue weighted by atomic mass is 16.2. The zero-order chi connectivity index (χ0) is 35.9. The van der Waals surface area contributed by atoms with E-state index in [0.717, 1.165) is 16.3 Å². The van der Waals surface area contributed by atoms with Crippen molar-refractivity contribution in [3.8, 4) is 0 Å². The maximum absolute atomic E-state index is 13.8. The average Bonchev–Trinajstić information content (AvgIpc) is 3.58. The Balaban J connectivity index is 1.76. The van der Waals surface area contributed by atoms with Gasteiger partial charge in [-0.3, -0.25) is 29.0 Å². The van der Waals surface area contributed by atoms with Gasteiger partial charge in [-0.1, -0.05) is 62.7 Å². The number of nitrogens with one attached hydrogen (secondary N) is 3. The molecule has 2 aromatic rings. The Labute approximate surface area is 288 Å². The lowest BCUT2D eigenvalue weighted by Gasteiger charge is -2.28. The fourth-order valence-corrected chi connectivity index (χ4v) is 6.11. The van der Waals surface area contributed by atoms with Gasteiger partial charge in [0.1, 0.15) is 24.2 Å². The van der Waals surface area contributed by atoms with E-state index in [9.17, 15) is 24.0 Å². The molecule has 1 saturated heterocycles. The van der Waals surface area contributed by atoms with E-state index in [4.69, 9.17) is 22.9 Å². The number of aliphatic imine (C=N–C) groups is 1. The van der Waals surface area contributed by atoms with E-state index in [1.807, 2.05) is 49.4 Å². The van der Waals surface area contributed by atoms with Crippen LogP contribution in [0.5, 0.6) is 0 Å². The summed E-state index contributed by atoms with van der Waals surface area (Å²) in [6, 6.07) is 9.93. The van der Waals surface area contributed by atoms with Crippen LogP contribution < -0.4 is 38.9 Å². The Bertz CT molecular complexity index is 1470. The van der Waals surface area contributed by atoms with Gasteiger partial charge >= 0.3 is 0 Å². The maximum Gasteiger partial charge on any atom is 0.243 e. The van der Waals surface area contributed by atoms with Crippen molar-refractivity contribution in [2.75, 3.05) is 19.6 Å². The van der Waals surface area contributed by atoms with Gasteiger partial charge in [0.25, 0.3) is 0 Å². The molecule has 1 heterocycles. The summed E-state index contributed by atoms with van der Waals surface area (Å²) in [6.07, 6.45) is 3.79. The molecule has 0 aromatic heterocycles. The van der Waals surface area contributed by atoms with Crippen molar-refractivity contribution in [3.63, 3.8) is 0 Å². The summed E-state index contributed by atoms with van der Waals surface area (Å²) in [6.45, 7) is 4.72. The van der Waals surface area contributed by atoms with Crippen LogP contribution in [0.1, 0.15) is 70.8 Å². The number of hydrogen-bond donors (Lipinski definition) is 7. The number of nitrogens with zero attached hydrogens (tertiary/aromatic N) is 2. The largest absolute Gasteiger partial charge is 0.370 e. The highest BCUT2D eigenvalue weighted by Gasteiger charge is 2.37. The molecule has 0 spiro atoms. The quantitative estimate of drug-likeness (QED) is 0.0626. The van der Waals surface area contributed by atoms with Crippen molar-refractivity contribution in [1.29, 1.82) is 0 Å². The fourth-order valence-electron chi connectivity index (χ4n) is 6.11. The third-order valence-electron chi connectivity index (χ3n) is 9.07. The van der Waals surface area contributed by atoms with Crippen LogP contribution >= 0.6 is 0 Å². The van der Waals surface area contributed by atoms with Crippen LogP contribution in [-0.2, 0) is 30.4 Å². The van der Waals surface area contributed by atoms with Gasteiger partial charge < -0.3 is 43.8 Å². The molecule has 0 radical (unpaired) electrons. The minimum atomic E-state index is -1.06. The van der Waals surface area contributed by atoms with Gasteiger partial charge in [-0.2, -0.15) is 0 Å². The van der Waals surface area contributed by atoms with Gasteiger partial charge in [-0.15, -0.1) is 0 Å². The molecule has 1 aliphatic rings. The molecule has 5 atom stereocenters. The number of primary amides is 1. The summed E-state index contributed by atoms with van der Waals surface area (Å²) in [5.41, 5.74) is 23.0. The minimum absolute atomic E-state index is 0.102. The predicted molar refractivity (Wildman–Crippen MR) is 190 cm³/mol. The molecule has 2 aromatic carbocycles. The number of amides is 5. The number of carbonyl (C=O) groups excluding carboxylic acids is 5. The van der Waals surface area contributed by atoms with Crippen molar-refractivity contribution >= 4 is 46.3 Å². The minimum Gasteiger partial charge on any atom is -0.370 e. The van der Waals surface area contributed by atoms with Crippen LogP contribution in [0.25, 0.3) is 10.8 Å². The van der Waals surface area contributed by atoms with Crippen LogP contribution in [0.15, 0.2) is 47.5 Å². The number of fused-ring (bicyclic) bond motifs is 1. The second-order valence-electron chi connectivity index (χ2n) is 12.7. The fraction of sp³-hybridized carbons (Fsp3) is 0.543. The van der Waals surface area contributed by atoms with Crippen LogP contribution in [0.3, 0.4) is 0 Å². The number of nitrogens with two attached hydrogens (primary N) is 4. The number of likely N-dealkylation sites (tertiary alicyclic amines) is 1.